The van der Waals surface area contributed by atoms with Crippen molar-refractivity contribution in [3.8, 4) is 34.1 Å². The van der Waals surface area contributed by atoms with Crippen molar-refractivity contribution in [2.45, 2.75) is 132 Å². The van der Waals surface area contributed by atoms with E-state index in [4.69, 9.17) is 18.9 Å². The predicted molar refractivity (Wildman–Crippen MR) is 286 cm³/mol. The zero-order chi connectivity index (χ0) is 46.5. The molecule has 0 radical (unpaired) electrons. The molecule has 7 rings (SSSR count). The first-order valence-electron chi connectivity index (χ1n) is 25.4. The lowest BCUT2D eigenvalue weighted by atomic mass is 10.0. The van der Waals surface area contributed by atoms with Crippen molar-refractivity contribution in [1.29, 1.82) is 0 Å². The van der Waals surface area contributed by atoms with Gasteiger partial charge in [-0.3, -0.25) is 0 Å². The van der Waals surface area contributed by atoms with E-state index in [1.54, 1.807) is 0 Å². The van der Waals surface area contributed by atoms with Crippen molar-refractivity contribution in [1.82, 2.24) is 0 Å². The van der Waals surface area contributed by atoms with Crippen LogP contribution in [0.4, 0.5) is 0 Å². The number of aryl methyl sites for hydroxylation is 4. The molecule has 6 heteroatoms. The molecule has 0 saturated carbocycles. The molecule has 1 heterocycles. The minimum atomic E-state index is -3.28. The van der Waals surface area contributed by atoms with Crippen LogP contribution in [-0.4, -0.2) is 41.6 Å². The van der Waals surface area contributed by atoms with Gasteiger partial charge in [-0.2, -0.15) is 0 Å². The Balaban J connectivity index is 1.64. The molecule has 0 atom stereocenters. The fourth-order valence-electron chi connectivity index (χ4n) is 10.3. The topological polar surface area (TPSA) is 36.9 Å². The van der Waals surface area contributed by atoms with Gasteiger partial charge in [0.15, 0.2) is 15.2 Å². The summed E-state index contributed by atoms with van der Waals surface area (Å²) < 4.78 is 26.5. The highest BCUT2D eigenvalue weighted by atomic mass is 29.3. The number of unbranched alkanes of at least 4 members (excludes halogenated alkanes) is 8. The van der Waals surface area contributed by atoms with Crippen molar-refractivity contribution in [2.75, 3.05) is 26.4 Å². The molecule has 6 aromatic rings. The summed E-state index contributed by atoms with van der Waals surface area (Å²) in [7, 11) is -6.51. The largest absolute Gasteiger partial charge is 0.494 e. The molecule has 0 spiro atoms. The summed E-state index contributed by atoms with van der Waals surface area (Å²) in [5.74, 6) is 3.80. The quantitative estimate of drug-likeness (QED) is 0.0448. The van der Waals surface area contributed by atoms with Crippen LogP contribution >= 0.6 is 0 Å². The summed E-state index contributed by atoms with van der Waals surface area (Å²) in [6, 6.07) is 48.1. The summed E-state index contributed by atoms with van der Waals surface area (Å²) in [4.78, 5) is 0. The molecular weight excluding hydrogens is 841 g/mol. The lowest BCUT2D eigenvalue weighted by molar-refractivity contribution is 0.304. The van der Waals surface area contributed by atoms with E-state index in [1.165, 1.54) is 90.2 Å². The normalized spacial score (nSPS) is 13.5. The fourth-order valence-corrected chi connectivity index (χ4v) is 30.4. The number of fused-ring (bicyclic) bond motifs is 3. The van der Waals surface area contributed by atoms with Gasteiger partial charge in [0, 0.05) is 0 Å². The van der Waals surface area contributed by atoms with E-state index in [0.29, 0.717) is 13.2 Å². The third kappa shape index (κ3) is 10.1. The van der Waals surface area contributed by atoms with Crippen molar-refractivity contribution in [2.24, 2.45) is 0 Å². The average Bonchev–Trinajstić information content (AvgIpc) is 3.33. The Kier molecular flexibility index (Phi) is 17.1. The molecule has 1 aliphatic rings. The molecule has 0 aliphatic carbocycles. The molecule has 348 valence electrons. The fraction of sp³-hybridized carbons (Fsp3) is 0.400. The number of benzene rings is 6. The minimum Gasteiger partial charge on any atom is -0.494 e. The summed E-state index contributed by atoms with van der Waals surface area (Å²) in [5, 5.41) is 8.47. The van der Waals surface area contributed by atoms with Crippen LogP contribution in [0.1, 0.15) is 127 Å². The minimum absolute atomic E-state index is 0.702. The van der Waals surface area contributed by atoms with Crippen molar-refractivity contribution in [3.63, 3.8) is 0 Å². The van der Waals surface area contributed by atoms with Gasteiger partial charge in [0.1, 0.15) is 23.0 Å². The summed E-state index contributed by atoms with van der Waals surface area (Å²) in [6.07, 6.45) is 13.5. The van der Waals surface area contributed by atoms with Crippen LogP contribution in [0.2, 0.25) is 0 Å². The van der Waals surface area contributed by atoms with Gasteiger partial charge in [-0.25, -0.2) is 0 Å². The second kappa shape index (κ2) is 23.1. The van der Waals surface area contributed by atoms with Gasteiger partial charge in [0.2, 0.25) is 0 Å². The summed E-state index contributed by atoms with van der Waals surface area (Å²) in [5.41, 5.74) is 7.41. The highest BCUT2D eigenvalue weighted by molar-refractivity contribution is 7.68. The monoisotopic (exact) mass is 917 g/mol. The summed E-state index contributed by atoms with van der Waals surface area (Å²) >= 11 is 0. The molecule has 0 N–H and O–H groups in total. The van der Waals surface area contributed by atoms with Gasteiger partial charge in [-0.15, -0.1) is 0 Å². The van der Waals surface area contributed by atoms with Gasteiger partial charge in [-0.1, -0.05) is 196 Å². The van der Waals surface area contributed by atoms with Crippen LogP contribution in [0, 0.1) is 27.7 Å². The van der Waals surface area contributed by atoms with E-state index in [0.717, 1.165) is 87.6 Å². The van der Waals surface area contributed by atoms with E-state index in [2.05, 4.69) is 177 Å². The van der Waals surface area contributed by atoms with Crippen molar-refractivity contribution in [3.05, 3.63) is 144 Å². The third-order valence-corrected chi connectivity index (χ3v) is 30.7. The van der Waals surface area contributed by atoms with Crippen LogP contribution in [0.5, 0.6) is 23.0 Å². The SMILES string of the molecule is CCCCCOc1ccc([Si]2(c3ccc(OCCCCC)cc3)c3cc(C)c(OCCCCC)cc3-c3cc(OCCCCC)c(C)cc3[Si]2(c2ccc(C)cc2)c2ccc(C)cc2)cc1. The van der Waals surface area contributed by atoms with Crippen LogP contribution in [-0.2, 0) is 0 Å². The standard InChI is InChI=1S/C60H76O4Si2/c1-9-13-17-37-61-49-25-33-53(34-26-49)66(54-35-27-50(28-36-54)62-38-18-14-10-2)60-42-48(8)58(64-40-20-16-12-4)44-56(60)55-43-57(63-39-19-15-11-3)47(7)41-59(55)65(66,51-29-21-45(5)22-30-51)52-31-23-46(6)24-32-52/h21-36,41-44H,9-20,37-40H2,1-8H3. The first kappa shape index (κ1) is 48.9. The zero-order valence-electron chi connectivity index (χ0n) is 41.5. The molecule has 66 heavy (non-hydrogen) atoms. The van der Waals surface area contributed by atoms with Gasteiger partial charge in [0.05, 0.1) is 26.4 Å². The Labute approximate surface area is 399 Å². The molecule has 6 aromatic carbocycles. The Morgan fingerprint density at radius 1 is 0.333 bits per heavy atom. The van der Waals surface area contributed by atoms with E-state index in [-0.39, 0.29) is 0 Å². The molecule has 0 bridgehead atoms. The molecular formula is C60H76O4Si2. The van der Waals surface area contributed by atoms with Crippen LogP contribution in [0.25, 0.3) is 11.1 Å². The molecule has 0 saturated heterocycles. The molecule has 1 aliphatic heterocycles. The number of rotatable bonds is 24. The lowest BCUT2D eigenvalue weighted by Crippen LogP contribution is -2.95. The molecule has 0 aromatic heterocycles. The first-order chi connectivity index (χ1) is 32.2. The van der Waals surface area contributed by atoms with Crippen LogP contribution in [0.3, 0.4) is 0 Å². The van der Waals surface area contributed by atoms with Crippen molar-refractivity contribution >= 4 is 46.3 Å². The van der Waals surface area contributed by atoms with E-state index in [1.807, 2.05) is 0 Å². The highest BCUT2D eigenvalue weighted by Crippen LogP contribution is 2.39. The zero-order valence-corrected chi connectivity index (χ0v) is 43.5. The number of ether oxygens (including phenoxy) is 4. The smallest absolute Gasteiger partial charge is 0.155 e. The van der Waals surface area contributed by atoms with Crippen LogP contribution < -0.4 is 50.1 Å². The van der Waals surface area contributed by atoms with Gasteiger partial charge in [-0.05, 0) is 122 Å². The summed E-state index contributed by atoms with van der Waals surface area (Å²) in [6.45, 7) is 20.8. The molecule has 0 fully saturated rings. The predicted octanol–water partition coefficient (Wildman–Crippen LogP) is 11.9. The Morgan fingerprint density at radius 2 is 0.621 bits per heavy atom. The number of hydrogen-bond acceptors (Lipinski definition) is 4. The molecule has 4 nitrogen and oxygen atoms in total. The lowest BCUT2D eigenvalue weighted by Gasteiger charge is -2.54. The second-order valence-corrected chi connectivity index (χ2v) is 29.7. The van der Waals surface area contributed by atoms with Crippen LogP contribution in [0.15, 0.2) is 121 Å². The second-order valence-electron chi connectivity index (χ2n) is 18.8. The third-order valence-electron chi connectivity index (χ3n) is 13.9. The molecule has 0 amide bonds. The maximum Gasteiger partial charge on any atom is 0.155 e. The number of hydrogen-bond donors (Lipinski definition) is 0. The maximum atomic E-state index is 6.80. The average molecular weight is 917 g/mol. The van der Waals surface area contributed by atoms with Gasteiger partial charge >= 0.3 is 0 Å². The first-order valence-corrected chi connectivity index (χ1v) is 30.4. The van der Waals surface area contributed by atoms with Gasteiger partial charge in [0.25, 0.3) is 0 Å². The molecule has 0 unspecified atom stereocenters. The Hall–Kier alpha value is -5.05. The van der Waals surface area contributed by atoms with E-state index >= 15 is 0 Å². The van der Waals surface area contributed by atoms with Gasteiger partial charge < -0.3 is 18.9 Å². The Morgan fingerprint density at radius 3 is 0.924 bits per heavy atom. The van der Waals surface area contributed by atoms with E-state index in [9.17, 15) is 0 Å². The van der Waals surface area contributed by atoms with Crippen molar-refractivity contribution < 1.29 is 18.9 Å². The maximum absolute atomic E-state index is 6.80. The Bertz CT molecular complexity index is 2360. The highest BCUT2D eigenvalue weighted by Gasteiger charge is 2.65. The van der Waals surface area contributed by atoms with E-state index < -0.39 is 15.2 Å².